The highest BCUT2D eigenvalue weighted by atomic mass is 16.5. The molecule has 15 heavy (non-hydrogen) atoms. The Morgan fingerprint density at radius 1 is 1.40 bits per heavy atom. The molecule has 0 bridgehead atoms. The number of fused-ring (bicyclic) bond motifs is 1. The van der Waals surface area contributed by atoms with Crippen molar-refractivity contribution in [2.45, 2.75) is 18.9 Å². The largest absolute Gasteiger partial charge is 0.486 e. The first kappa shape index (κ1) is 9.77. The summed E-state index contributed by atoms with van der Waals surface area (Å²) >= 11 is 0. The van der Waals surface area contributed by atoms with Gasteiger partial charge in [0.25, 0.3) is 0 Å². The number of carboxylic acids is 1. The lowest BCUT2D eigenvalue weighted by molar-refractivity contribution is -0.137. The van der Waals surface area contributed by atoms with Gasteiger partial charge < -0.3 is 9.84 Å². The van der Waals surface area contributed by atoms with Crippen molar-refractivity contribution in [3.8, 4) is 5.75 Å². The van der Waals surface area contributed by atoms with Crippen LogP contribution in [0.2, 0.25) is 0 Å². The fraction of sp³-hybridized carbons (Fsp3) is 0.250. The highest BCUT2D eigenvalue weighted by molar-refractivity contribution is 5.67. The second kappa shape index (κ2) is 4.17. The number of carbonyl (C=O) groups is 1. The normalized spacial score (nSPS) is 18.0. The van der Waals surface area contributed by atoms with Crippen molar-refractivity contribution in [3.63, 3.8) is 0 Å². The smallest absolute Gasteiger partial charge is 0.303 e. The van der Waals surface area contributed by atoms with Crippen molar-refractivity contribution < 1.29 is 14.6 Å². The van der Waals surface area contributed by atoms with Gasteiger partial charge in [0, 0.05) is 12.0 Å². The molecule has 1 aliphatic heterocycles. The van der Waals surface area contributed by atoms with Crippen LogP contribution in [0.15, 0.2) is 30.3 Å². The van der Waals surface area contributed by atoms with E-state index < -0.39 is 5.97 Å². The zero-order valence-electron chi connectivity index (χ0n) is 8.22. The summed E-state index contributed by atoms with van der Waals surface area (Å²) in [7, 11) is 0. The summed E-state index contributed by atoms with van der Waals surface area (Å²) in [6.07, 6.45) is 4.42. The van der Waals surface area contributed by atoms with Crippen LogP contribution in [0.4, 0.5) is 0 Å². The van der Waals surface area contributed by atoms with E-state index in [1.807, 2.05) is 36.4 Å². The highest BCUT2D eigenvalue weighted by Gasteiger charge is 2.14. The average molecular weight is 204 g/mol. The number of rotatable bonds is 3. The van der Waals surface area contributed by atoms with Gasteiger partial charge in [-0.25, -0.2) is 0 Å². The fourth-order valence-electron chi connectivity index (χ4n) is 1.56. The van der Waals surface area contributed by atoms with Gasteiger partial charge in [0.05, 0.1) is 0 Å². The number of hydrogen-bond donors (Lipinski definition) is 1. The second-order valence-electron chi connectivity index (χ2n) is 3.49. The van der Waals surface area contributed by atoms with Crippen LogP contribution in [0.1, 0.15) is 18.4 Å². The topological polar surface area (TPSA) is 46.5 Å². The number of aliphatic carboxylic acids is 1. The summed E-state index contributed by atoms with van der Waals surface area (Å²) in [5.41, 5.74) is 1.05. The Hall–Kier alpha value is -1.77. The van der Waals surface area contributed by atoms with Gasteiger partial charge in [-0.2, -0.15) is 0 Å². The van der Waals surface area contributed by atoms with E-state index in [0.29, 0.717) is 6.42 Å². The summed E-state index contributed by atoms with van der Waals surface area (Å²) in [5.74, 6) is 0.0428. The molecule has 1 aliphatic rings. The molecule has 1 heterocycles. The van der Waals surface area contributed by atoms with Gasteiger partial charge >= 0.3 is 5.97 Å². The van der Waals surface area contributed by atoms with Crippen molar-refractivity contribution in [2.75, 3.05) is 0 Å². The Kier molecular flexibility index (Phi) is 2.72. The van der Waals surface area contributed by atoms with E-state index in [1.165, 1.54) is 0 Å². The molecule has 0 aliphatic carbocycles. The molecule has 1 aromatic rings. The SMILES string of the molecule is O=C(O)CC[C@H]1C=Cc2ccccc2O1. The zero-order chi connectivity index (χ0) is 10.7. The molecule has 78 valence electrons. The molecule has 3 heteroatoms. The third-order valence-corrected chi connectivity index (χ3v) is 2.33. The lowest BCUT2D eigenvalue weighted by atomic mass is 10.1. The van der Waals surface area contributed by atoms with E-state index in [2.05, 4.69) is 0 Å². The minimum atomic E-state index is -0.786. The van der Waals surface area contributed by atoms with Gasteiger partial charge in [-0.15, -0.1) is 0 Å². The van der Waals surface area contributed by atoms with E-state index in [9.17, 15) is 4.79 Å². The standard InChI is InChI=1S/C12H12O3/c13-12(14)8-7-10-6-5-9-3-1-2-4-11(9)15-10/h1-6,10H,7-8H2,(H,13,14)/t10-/m1/s1. The first-order chi connectivity index (χ1) is 7.25. The van der Waals surface area contributed by atoms with Gasteiger partial charge in [-0.1, -0.05) is 24.3 Å². The molecule has 0 spiro atoms. The molecule has 0 saturated heterocycles. The third-order valence-electron chi connectivity index (χ3n) is 2.33. The Morgan fingerprint density at radius 2 is 2.20 bits per heavy atom. The maximum atomic E-state index is 10.4. The summed E-state index contributed by atoms with van der Waals surface area (Å²) in [5, 5.41) is 8.56. The van der Waals surface area contributed by atoms with E-state index in [0.717, 1.165) is 11.3 Å². The molecule has 0 radical (unpaired) electrons. The molecule has 0 saturated carbocycles. The van der Waals surface area contributed by atoms with Gasteiger partial charge in [0.2, 0.25) is 0 Å². The number of ether oxygens (including phenoxy) is 1. The summed E-state index contributed by atoms with van der Waals surface area (Å²) in [4.78, 5) is 10.4. The number of benzene rings is 1. The summed E-state index contributed by atoms with van der Waals surface area (Å²) in [6.45, 7) is 0. The molecule has 1 aromatic carbocycles. The monoisotopic (exact) mass is 204 g/mol. The zero-order valence-corrected chi connectivity index (χ0v) is 8.22. The lowest BCUT2D eigenvalue weighted by Crippen LogP contribution is -2.18. The Morgan fingerprint density at radius 3 is 3.00 bits per heavy atom. The van der Waals surface area contributed by atoms with E-state index in [4.69, 9.17) is 9.84 Å². The number of para-hydroxylation sites is 1. The average Bonchev–Trinajstić information content (AvgIpc) is 2.26. The van der Waals surface area contributed by atoms with Gasteiger partial charge in [-0.3, -0.25) is 4.79 Å². The summed E-state index contributed by atoms with van der Waals surface area (Å²) in [6, 6.07) is 7.72. The highest BCUT2D eigenvalue weighted by Crippen LogP contribution is 2.26. The van der Waals surface area contributed by atoms with Crippen molar-refractivity contribution in [1.82, 2.24) is 0 Å². The van der Waals surface area contributed by atoms with Crippen LogP contribution in [-0.4, -0.2) is 17.2 Å². The molecule has 0 unspecified atom stereocenters. The van der Waals surface area contributed by atoms with Crippen LogP contribution in [0.5, 0.6) is 5.75 Å². The maximum absolute atomic E-state index is 10.4. The van der Waals surface area contributed by atoms with Crippen LogP contribution >= 0.6 is 0 Å². The quantitative estimate of drug-likeness (QED) is 0.821. The Labute approximate surface area is 88.0 Å². The van der Waals surface area contributed by atoms with Gasteiger partial charge in [0.1, 0.15) is 11.9 Å². The van der Waals surface area contributed by atoms with Crippen molar-refractivity contribution >= 4 is 12.0 Å². The number of hydrogen-bond acceptors (Lipinski definition) is 2. The van der Waals surface area contributed by atoms with E-state index >= 15 is 0 Å². The minimum absolute atomic E-state index is 0.115. The van der Waals surface area contributed by atoms with E-state index in [-0.39, 0.29) is 12.5 Å². The molecule has 1 N–H and O–H groups in total. The molecule has 0 amide bonds. The van der Waals surface area contributed by atoms with Crippen LogP contribution < -0.4 is 4.74 Å². The van der Waals surface area contributed by atoms with Crippen LogP contribution in [0.3, 0.4) is 0 Å². The van der Waals surface area contributed by atoms with E-state index in [1.54, 1.807) is 0 Å². The lowest BCUT2D eigenvalue weighted by Gasteiger charge is -2.20. The van der Waals surface area contributed by atoms with Gasteiger partial charge in [0.15, 0.2) is 0 Å². The second-order valence-corrected chi connectivity index (χ2v) is 3.49. The maximum Gasteiger partial charge on any atom is 0.303 e. The first-order valence-electron chi connectivity index (χ1n) is 4.91. The van der Waals surface area contributed by atoms with Crippen LogP contribution in [0.25, 0.3) is 6.08 Å². The van der Waals surface area contributed by atoms with Crippen LogP contribution in [-0.2, 0) is 4.79 Å². The molecule has 0 aromatic heterocycles. The molecule has 2 rings (SSSR count). The van der Waals surface area contributed by atoms with Crippen molar-refractivity contribution in [2.24, 2.45) is 0 Å². The molecule has 0 fully saturated rings. The Bertz CT molecular complexity index is 396. The molecular formula is C12H12O3. The summed E-state index contributed by atoms with van der Waals surface area (Å²) < 4.78 is 5.63. The minimum Gasteiger partial charge on any atom is -0.486 e. The fourth-order valence-corrected chi connectivity index (χ4v) is 1.56. The predicted octanol–water partition coefficient (Wildman–Crippen LogP) is 2.33. The third kappa shape index (κ3) is 2.37. The number of carboxylic acid groups (broad SMARTS) is 1. The predicted molar refractivity (Wildman–Crippen MR) is 56.8 cm³/mol. The van der Waals surface area contributed by atoms with Gasteiger partial charge in [-0.05, 0) is 18.6 Å². The van der Waals surface area contributed by atoms with Crippen LogP contribution in [0, 0.1) is 0 Å². The molecule has 1 atom stereocenters. The first-order valence-corrected chi connectivity index (χ1v) is 4.91. The molecular weight excluding hydrogens is 192 g/mol. The Balaban J connectivity index is 2.03. The van der Waals surface area contributed by atoms with Crippen molar-refractivity contribution in [1.29, 1.82) is 0 Å². The molecule has 3 nitrogen and oxygen atoms in total. The van der Waals surface area contributed by atoms with Crippen molar-refractivity contribution in [3.05, 3.63) is 35.9 Å².